The number of aromatic nitrogens is 3. The number of nitrogens with one attached hydrogen (secondary N) is 1. The molecule has 4 rings (SSSR count). The van der Waals surface area contributed by atoms with E-state index in [4.69, 9.17) is 4.74 Å². The molecule has 0 aliphatic rings. The molecule has 7 heteroatoms. The second-order valence-corrected chi connectivity index (χ2v) is 9.06. The zero-order chi connectivity index (χ0) is 24.8. The van der Waals surface area contributed by atoms with Crippen molar-refractivity contribution in [1.29, 1.82) is 0 Å². The van der Waals surface area contributed by atoms with Gasteiger partial charge in [0.2, 0.25) is 0 Å². The molecule has 180 valence electrons. The summed E-state index contributed by atoms with van der Waals surface area (Å²) in [5, 5.41) is 7.45. The highest BCUT2D eigenvalue weighted by atomic mass is 16.5. The lowest BCUT2D eigenvalue weighted by Gasteiger charge is -2.10. The molecule has 0 spiro atoms. The highest BCUT2D eigenvalue weighted by Gasteiger charge is 2.09. The molecule has 1 amide bonds. The molecular weight excluding hydrogens is 438 g/mol. The first-order valence-electron chi connectivity index (χ1n) is 11.7. The summed E-state index contributed by atoms with van der Waals surface area (Å²) in [5.74, 6) is 1.70. The minimum Gasteiger partial charge on any atom is -0.486 e. The van der Waals surface area contributed by atoms with Crippen LogP contribution in [0.5, 0.6) is 5.75 Å². The molecule has 0 radical (unpaired) electrons. The Morgan fingerprint density at radius 1 is 1.03 bits per heavy atom. The van der Waals surface area contributed by atoms with Crippen LogP contribution in [0.25, 0.3) is 5.69 Å². The summed E-state index contributed by atoms with van der Waals surface area (Å²) in [6, 6.07) is 23.2. The van der Waals surface area contributed by atoms with Crippen molar-refractivity contribution < 1.29 is 9.53 Å². The zero-order valence-electron chi connectivity index (χ0n) is 20.6. The van der Waals surface area contributed by atoms with Crippen molar-refractivity contribution in [3.63, 3.8) is 0 Å². The summed E-state index contributed by atoms with van der Waals surface area (Å²) in [6.45, 7) is 5.44. The largest absolute Gasteiger partial charge is 0.486 e. The minimum absolute atomic E-state index is 0.143. The van der Waals surface area contributed by atoms with Gasteiger partial charge >= 0.3 is 0 Å². The second-order valence-electron chi connectivity index (χ2n) is 9.06. The van der Waals surface area contributed by atoms with Crippen molar-refractivity contribution >= 4 is 11.6 Å². The average molecular weight is 470 g/mol. The van der Waals surface area contributed by atoms with Crippen molar-refractivity contribution in [2.75, 3.05) is 19.4 Å². The predicted molar refractivity (Wildman–Crippen MR) is 138 cm³/mol. The molecule has 4 aromatic rings. The van der Waals surface area contributed by atoms with Crippen molar-refractivity contribution in [2.24, 2.45) is 0 Å². The van der Waals surface area contributed by atoms with Gasteiger partial charge in [0.05, 0.1) is 5.69 Å². The van der Waals surface area contributed by atoms with E-state index in [-0.39, 0.29) is 12.5 Å². The second kappa shape index (κ2) is 11.0. The van der Waals surface area contributed by atoms with Crippen molar-refractivity contribution in [3.05, 3.63) is 102 Å². The van der Waals surface area contributed by atoms with Crippen LogP contribution in [0.3, 0.4) is 0 Å². The van der Waals surface area contributed by atoms with Crippen molar-refractivity contribution in [3.8, 4) is 11.4 Å². The van der Waals surface area contributed by atoms with E-state index in [9.17, 15) is 4.79 Å². The van der Waals surface area contributed by atoms with E-state index in [0.717, 1.165) is 23.5 Å². The third-order valence-electron chi connectivity index (χ3n) is 5.54. The fraction of sp³-hybridized carbons (Fsp3) is 0.250. The maximum atomic E-state index is 12.6. The Balaban J connectivity index is 1.34. The summed E-state index contributed by atoms with van der Waals surface area (Å²) in [6.07, 6.45) is 1.66. The van der Waals surface area contributed by atoms with Gasteiger partial charge in [-0.25, -0.2) is 9.67 Å². The van der Waals surface area contributed by atoms with Gasteiger partial charge < -0.3 is 15.0 Å². The molecule has 35 heavy (non-hydrogen) atoms. The van der Waals surface area contributed by atoms with Crippen LogP contribution in [-0.4, -0.2) is 39.7 Å². The number of amides is 1. The number of benzene rings is 3. The topological polar surface area (TPSA) is 72.3 Å². The molecule has 1 N–H and O–H groups in total. The SMILES string of the molecule is CC(C)c1cccc(OCc2ncn(-c3ccc(NC(=O)c4ccc(CN(C)C)cc4)cc3)n2)c1. The van der Waals surface area contributed by atoms with E-state index in [2.05, 4.69) is 40.2 Å². The van der Waals surface area contributed by atoms with Gasteiger partial charge in [0.1, 0.15) is 18.7 Å². The van der Waals surface area contributed by atoms with Gasteiger partial charge in [0.15, 0.2) is 5.82 Å². The van der Waals surface area contributed by atoms with Crippen LogP contribution in [0.2, 0.25) is 0 Å². The van der Waals surface area contributed by atoms with Gasteiger partial charge in [-0.05, 0) is 79.7 Å². The average Bonchev–Trinajstić information content (AvgIpc) is 3.32. The summed E-state index contributed by atoms with van der Waals surface area (Å²) in [4.78, 5) is 19.0. The molecule has 0 bridgehead atoms. The molecular formula is C28H31N5O2. The van der Waals surface area contributed by atoms with Crippen LogP contribution >= 0.6 is 0 Å². The first kappa shape index (κ1) is 24.2. The van der Waals surface area contributed by atoms with Crippen LogP contribution in [0.4, 0.5) is 5.69 Å². The maximum Gasteiger partial charge on any atom is 0.255 e. The summed E-state index contributed by atoms with van der Waals surface area (Å²) >= 11 is 0. The van der Waals surface area contributed by atoms with Crippen molar-refractivity contribution in [1.82, 2.24) is 19.7 Å². The Morgan fingerprint density at radius 2 is 1.77 bits per heavy atom. The molecule has 0 aliphatic heterocycles. The molecule has 0 atom stereocenters. The molecule has 0 aliphatic carbocycles. The van der Waals surface area contributed by atoms with Crippen LogP contribution in [0.15, 0.2) is 79.1 Å². The molecule has 0 saturated heterocycles. The Hall–Kier alpha value is -3.97. The Labute approximate surface area is 206 Å². The lowest BCUT2D eigenvalue weighted by atomic mass is 10.0. The third-order valence-corrected chi connectivity index (χ3v) is 5.54. The Morgan fingerprint density at radius 3 is 2.46 bits per heavy atom. The highest BCUT2D eigenvalue weighted by Crippen LogP contribution is 2.21. The van der Waals surface area contributed by atoms with E-state index in [1.165, 1.54) is 5.56 Å². The number of nitrogens with zero attached hydrogens (tertiary/aromatic N) is 4. The molecule has 0 fully saturated rings. The predicted octanol–water partition coefficient (Wildman–Crippen LogP) is 5.28. The number of rotatable bonds is 9. The fourth-order valence-corrected chi connectivity index (χ4v) is 3.63. The van der Waals surface area contributed by atoms with E-state index in [1.807, 2.05) is 80.8 Å². The van der Waals surface area contributed by atoms with Crippen LogP contribution in [0.1, 0.15) is 47.1 Å². The van der Waals surface area contributed by atoms with Gasteiger partial charge in [0.25, 0.3) is 5.91 Å². The molecule has 1 aromatic heterocycles. The number of ether oxygens (including phenoxy) is 1. The quantitative estimate of drug-likeness (QED) is 0.361. The first-order valence-corrected chi connectivity index (χ1v) is 11.7. The van der Waals surface area contributed by atoms with Gasteiger partial charge in [-0.15, -0.1) is 5.10 Å². The van der Waals surface area contributed by atoms with Gasteiger partial charge in [-0.3, -0.25) is 4.79 Å². The lowest BCUT2D eigenvalue weighted by molar-refractivity contribution is 0.102. The third kappa shape index (κ3) is 6.55. The maximum absolute atomic E-state index is 12.6. The summed E-state index contributed by atoms with van der Waals surface area (Å²) < 4.78 is 7.57. The molecule has 0 saturated carbocycles. The van der Waals surface area contributed by atoms with E-state index >= 15 is 0 Å². The molecule has 7 nitrogen and oxygen atoms in total. The summed E-state index contributed by atoms with van der Waals surface area (Å²) in [7, 11) is 4.04. The van der Waals surface area contributed by atoms with E-state index < -0.39 is 0 Å². The number of carbonyl (C=O) groups is 1. The Kier molecular flexibility index (Phi) is 7.57. The van der Waals surface area contributed by atoms with Crippen molar-refractivity contribution in [2.45, 2.75) is 32.9 Å². The number of hydrogen-bond acceptors (Lipinski definition) is 5. The monoisotopic (exact) mass is 469 g/mol. The van der Waals surface area contributed by atoms with Crippen LogP contribution < -0.4 is 10.1 Å². The number of anilines is 1. The Bertz CT molecular complexity index is 1260. The fourth-order valence-electron chi connectivity index (χ4n) is 3.63. The first-order chi connectivity index (χ1) is 16.9. The van der Waals surface area contributed by atoms with Gasteiger partial charge in [-0.1, -0.05) is 38.1 Å². The minimum atomic E-state index is -0.143. The smallest absolute Gasteiger partial charge is 0.255 e. The lowest BCUT2D eigenvalue weighted by Crippen LogP contribution is -2.13. The normalized spacial score (nSPS) is 11.1. The summed E-state index contributed by atoms with van der Waals surface area (Å²) in [5.41, 5.74) is 4.57. The highest BCUT2D eigenvalue weighted by molar-refractivity contribution is 6.04. The molecule has 0 unspecified atom stereocenters. The number of carbonyl (C=O) groups excluding carboxylic acids is 1. The standard InChI is InChI=1S/C28H31N5O2/c1-20(2)23-6-5-7-26(16-23)35-18-27-29-19-33(31-27)25-14-12-24(13-15-25)30-28(34)22-10-8-21(9-11-22)17-32(3)4/h5-16,19-20H,17-18H2,1-4H3,(H,30,34). The van der Waals surface area contributed by atoms with Crippen LogP contribution in [-0.2, 0) is 13.2 Å². The van der Waals surface area contributed by atoms with Gasteiger partial charge in [-0.2, -0.15) is 0 Å². The van der Waals surface area contributed by atoms with Gasteiger partial charge in [0, 0.05) is 17.8 Å². The molecule has 1 heterocycles. The van der Waals surface area contributed by atoms with E-state index in [0.29, 0.717) is 23.0 Å². The number of hydrogen-bond donors (Lipinski definition) is 1. The van der Waals surface area contributed by atoms with Crippen LogP contribution in [0, 0.1) is 0 Å². The zero-order valence-corrected chi connectivity index (χ0v) is 20.6. The molecule has 3 aromatic carbocycles. The van der Waals surface area contributed by atoms with E-state index in [1.54, 1.807) is 11.0 Å².